The van der Waals surface area contributed by atoms with Crippen molar-refractivity contribution >= 4 is 17.6 Å². The normalized spacial score (nSPS) is 15.7. The maximum Gasteiger partial charge on any atom is 0.321 e. The number of rotatable bonds is 2. The number of aromatic nitrogens is 1. The number of amides is 2. The molecule has 2 amide bonds. The highest BCUT2D eigenvalue weighted by Crippen LogP contribution is 2.28. The van der Waals surface area contributed by atoms with Gasteiger partial charge in [-0.3, -0.25) is 0 Å². The van der Waals surface area contributed by atoms with Crippen LogP contribution < -0.4 is 11.1 Å². The second-order valence-electron chi connectivity index (χ2n) is 6.22. The van der Waals surface area contributed by atoms with Crippen LogP contribution in [0.4, 0.5) is 16.4 Å². The second-order valence-corrected chi connectivity index (χ2v) is 6.22. The molecule has 1 aliphatic heterocycles. The molecule has 0 spiro atoms. The number of carbonyl (C=O) groups excluding carboxylic acids is 1. The second kappa shape index (κ2) is 6.32. The smallest absolute Gasteiger partial charge is 0.321 e. The van der Waals surface area contributed by atoms with Crippen LogP contribution in [0.15, 0.2) is 28.8 Å². The predicted molar refractivity (Wildman–Crippen MR) is 89.4 cm³/mol. The first kappa shape index (κ1) is 15.4. The van der Waals surface area contributed by atoms with Crippen molar-refractivity contribution in [3.05, 3.63) is 41.1 Å². The van der Waals surface area contributed by atoms with Crippen LogP contribution in [0.25, 0.3) is 0 Å². The minimum atomic E-state index is -0.0480. The molecule has 0 atom stereocenters. The first-order valence-corrected chi connectivity index (χ1v) is 7.87. The molecule has 1 fully saturated rings. The Hall–Kier alpha value is -2.50. The number of nitrogens with one attached hydrogen (secondary N) is 1. The van der Waals surface area contributed by atoms with E-state index in [2.05, 4.69) is 16.5 Å². The molecule has 0 saturated carbocycles. The molecule has 6 heteroatoms. The van der Waals surface area contributed by atoms with E-state index in [-0.39, 0.29) is 6.03 Å². The van der Waals surface area contributed by atoms with Gasteiger partial charge >= 0.3 is 6.03 Å². The number of hydrogen-bond acceptors (Lipinski definition) is 4. The van der Waals surface area contributed by atoms with E-state index in [1.165, 1.54) is 0 Å². The minimum absolute atomic E-state index is 0.0480. The third-order valence-electron chi connectivity index (χ3n) is 4.22. The lowest BCUT2D eigenvalue weighted by Crippen LogP contribution is -2.40. The molecule has 23 heavy (non-hydrogen) atoms. The number of aryl methyl sites for hydroxylation is 2. The summed E-state index contributed by atoms with van der Waals surface area (Å²) in [5, 5.41) is 6.96. The lowest BCUT2D eigenvalue weighted by Gasteiger charge is -2.31. The van der Waals surface area contributed by atoms with Gasteiger partial charge in [0.05, 0.1) is 5.69 Å². The molecule has 0 aliphatic carbocycles. The number of urea groups is 1. The van der Waals surface area contributed by atoms with Crippen molar-refractivity contribution in [3.8, 4) is 0 Å². The maximum atomic E-state index is 12.4. The summed E-state index contributed by atoms with van der Waals surface area (Å²) in [4.78, 5) is 14.2. The zero-order chi connectivity index (χ0) is 16.4. The summed E-state index contributed by atoms with van der Waals surface area (Å²) in [6, 6.07) is 7.78. The van der Waals surface area contributed by atoms with Crippen LogP contribution in [0.3, 0.4) is 0 Å². The Labute approximate surface area is 135 Å². The minimum Gasteiger partial charge on any atom is -0.368 e. The zero-order valence-electron chi connectivity index (χ0n) is 13.5. The van der Waals surface area contributed by atoms with Gasteiger partial charge in [0.2, 0.25) is 5.88 Å². The largest absolute Gasteiger partial charge is 0.368 e. The predicted octanol–water partition coefficient (Wildman–Crippen LogP) is 3.29. The van der Waals surface area contributed by atoms with Crippen LogP contribution in [0, 0.1) is 13.8 Å². The number of nitrogens with two attached hydrogens (primary N) is 1. The molecule has 122 valence electrons. The van der Waals surface area contributed by atoms with E-state index in [1.54, 1.807) is 6.07 Å². The van der Waals surface area contributed by atoms with E-state index >= 15 is 0 Å². The lowest BCUT2D eigenvalue weighted by molar-refractivity contribution is 0.193. The Morgan fingerprint density at radius 2 is 1.87 bits per heavy atom. The summed E-state index contributed by atoms with van der Waals surface area (Å²) in [6.45, 7) is 5.46. The average Bonchev–Trinajstić information content (AvgIpc) is 2.93. The van der Waals surface area contributed by atoms with Crippen LogP contribution in [0.1, 0.15) is 35.6 Å². The van der Waals surface area contributed by atoms with Gasteiger partial charge in [-0.2, -0.15) is 0 Å². The molecule has 0 radical (unpaired) electrons. The van der Waals surface area contributed by atoms with Gasteiger partial charge in [-0.1, -0.05) is 11.2 Å². The Bertz CT molecular complexity index is 682. The zero-order valence-corrected chi connectivity index (χ0v) is 13.5. The number of hydrogen-bond donors (Lipinski definition) is 2. The first-order chi connectivity index (χ1) is 11.0. The van der Waals surface area contributed by atoms with E-state index < -0.39 is 0 Å². The average molecular weight is 314 g/mol. The monoisotopic (exact) mass is 314 g/mol. The third-order valence-corrected chi connectivity index (χ3v) is 4.22. The number of nitrogens with zero attached hydrogens (tertiary/aromatic N) is 2. The number of likely N-dealkylation sites (tertiary alicyclic amines) is 1. The van der Waals surface area contributed by atoms with E-state index in [0.717, 1.165) is 35.3 Å². The molecule has 2 heterocycles. The fraction of sp³-hybridized carbons (Fsp3) is 0.412. The van der Waals surface area contributed by atoms with Gasteiger partial charge in [0.1, 0.15) is 0 Å². The third kappa shape index (κ3) is 3.64. The van der Waals surface area contributed by atoms with Crippen molar-refractivity contribution in [2.45, 2.75) is 32.6 Å². The van der Waals surface area contributed by atoms with E-state index in [9.17, 15) is 4.79 Å². The molecule has 6 nitrogen and oxygen atoms in total. The van der Waals surface area contributed by atoms with Crippen molar-refractivity contribution in [1.82, 2.24) is 10.1 Å². The molecule has 0 bridgehead atoms. The number of anilines is 2. The molecule has 1 saturated heterocycles. The van der Waals surface area contributed by atoms with Crippen LogP contribution in [0.2, 0.25) is 0 Å². The Morgan fingerprint density at radius 3 is 2.43 bits per heavy atom. The van der Waals surface area contributed by atoms with Crippen molar-refractivity contribution in [2.75, 3.05) is 24.1 Å². The standard InChI is InChI=1S/C17H22N4O2/c1-11-7-12(2)9-14(8-11)19-17(22)21-5-3-13(4-6-21)15-10-16(18)23-20-15/h7-10,13H,3-6,18H2,1-2H3,(H,19,22). The van der Waals surface area contributed by atoms with Gasteiger partial charge in [-0.15, -0.1) is 0 Å². The summed E-state index contributed by atoms with van der Waals surface area (Å²) < 4.78 is 4.93. The summed E-state index contributed by atoms with van der Waals surface area (Å²) in [6.07, 6.45) is 1.73. The summed E-state index contributed by atoms with van der Waals surface area (Å²) in [7, 11) is 0. The highest BCUT2D eigenvalue weighted by atomic mass is 16.5. The molecule has 1 aromatic heterocycles. The molecule has 0 unspecified atom stereocenters. The molecular weight excluding hydrogens is 292 g/mol. The Balaban J connectivity index is 1.57. The number of piperidine rings is 1. The van der Waals surface area contributed by atoms with Gasteiger partial charge in [-0.05, 0) is 49.9 Å². The van der Waals surface area contributed by atoms with Crippen molar-refractivity contribution in [2.24, 2.45) is 0 Å². The van der Waals surface area contributed by atoms with Crippen LogP contribution in [-0.4, -0.2) is 29.2 Å². The van der Waals surface area contributed by atoms with Crippen molar-refractivity contribution in [3.63, 3.8) is 0 Å². The van der Waals surface area contributed by atoms with Gasteiger partial charge in [0.15, 0.2) is 0 Å². The van der Waals surface area contributed by atoms with Crippen LogP contribution >= 0.6 is 0 Å². The fourth-order valence-electron chi connectivity index (χ4n) is 3.12. The summed E-state index contributed by atoms with van der Waals surface area (Å²) in [5.41, 5.74) is 9.58. The Morgan fingerprint density at radius 1 is 1.22 bits per heavy atom. The number of carbonyl (C=O) groups is 1. The highest BCUT2D eigenvalue weighted by Gasteiger charge is 2.25. The maximum absolute atomic E-state index is 12.4. The van der Waals surface area contributed by atoms with Crippen molar-refractivity contribution in [1.29, 1.82) is 0 Å². The van der Waals surface area contributed by atoms with Crippen LogP contribution in [0.5, 0.6) is 0 Å². The lowest BCUT2D eigenvalue weighted by atomic mass is 9.94. The quantitative estimate of drug-likeness (QED) is 0.891. The van der Waals surface area contributed by atoms with Crippen LogP contribution in [-0.2, 0) is 0 Å². The summed E-state index contributed by atoms with van der Waals surface area (Å²) in [5.74, 6) is 0.649. The SMILES string of the molecule is Cc1cc(C)cc(NC(=O)N2CCC(c3cc(N)on3)CC2)c1. The van der Waals surface area contributed by atoms with Gasteiger partial charge in [0, 0.05) is 30.8 Å². The molecule has 1 aliphatic rings. The molecule has 3 rings (SSSR count). The van der Waals surface area contributed by atoms with Gasteiger partial charge in [0.25, 0.3) is 0 Å². The number of nitrogen functional groups attached to an aromatic ring is 1. The highest BCUT2D eigenvalue weighted by molar-refractivity contribution is 5.89. The van der Waals surface area contributed by atoms with Gasteiger partial charge in [-0.25, -0.2) is 4.79 Å². The number of benzene rings is 1. The fourth-order valence-corrected chi connectivity index (χ4v) is 3.12. The molecule has 2 aromatic rings. The van der Waals surface area contributed by atoms with E-state index in [1.807, 2.05) is 30.9 Å². The molecule has 1 aromatic carbocycles. The first-order valence-electron chi connectivity index (χ1n) is 7.87. The topological polar surface area (TPSA) is 84.4 Å². The summed E-state index contributed by atoms with van der Waals surface area (Å²) >= 11 is 0. The van der Waals surface area contributed by atoms with E-state index in [0.29, 0.717) is 24.9 Å². The van der Waals surface area contributed by atoms with E-state index in [4.69, 9.17) is 10.3 Å². The van der Waals surface area contributed by atoms with Gasteiger partial charge < -0.3 is 20.5 Å². The Kier molecular flexibility index (Phi) is 4.23. The molecule has 3 N–H and O–H groups in total. The molecular formula is C17H22N4O2. The van der Waals surface area contributed by atoms with Crippen molar-refractivity contribution < 1.29 is 9.32 Å².